The van der Waals surface area contributed by atoms with E-state index >= 15 is 0 Å². The zero-order chi connectivity index (χ0) is 11.8. The second-order valence-corrected chi connectivity index (χ2v) is 3.93. The Morgan fingerprint density at radius 1 is 1.29 bits per heavy atom. The van der Waals surface area contributed by atoms with Crippen molar-refractivity contribution in [3.05, 3.63) is 52.3 Å². The maximum absolute atomic E-state index is 11.5. The van der Waals surface area contributed by atoms with Crippen molar-refractivity contribution < 1.29 is 0 Å². The molecule has 0 aliphatic heterocycles. The van der Waals surface area contributed by atoms with Gasteiger partial charge in [-0.05, 0) is 18.2 Å². The van der Waals surface area contributed by atoms with E-state index < -0.39 is 0 Å². The van der Waals surface area contributed by atoms with Crippen molar-refractivity contribution in [1.29, 1.82) is 0 Å². The monoisotopic (exact) mass is 246 g/mol. The molecule has 3 rings (SSSR count). The number of H-pyrrole nitrogens is 1. The molecule has 0 aliphatic carbocycles. The largest absolute Gasteiger partial charge is 0.311 e. The summed E-state index contributed by atoms with van der Waals surface area (Å²) >= 11 is 5.92. The van der Waals surface area contributed by atoms with E-state index in [-0.39, 0.29) is 5.56 Å². The minimum absolute atomic E-state index is 0.254. The summed E-state index contributed by atoms with van der Waals surface area (Å²) in [5.74, 6) is 0. The smallest absolute Gasteiger partial charge is 0.278 e. The molecule has 84 valence electrons. The first-order valence-corrected chi connectivity index (χ1v) is 5.30. The number of aromatic amines is 1. The molecule has 3 aromatic rings. The van der Waals surface area contributed by atoms with Gasteiger partial charge in [0, 0.05) is 5.02 Å². The summed E-state index contributed by atoms with van der Waals surface area (Å²) in [5.41, 5.74) is 1.39. The molecule has 2 heterocycles. The SMILES string of the molecule is O=c1[nH]cnc2c1ncn2-c1cccc(Cl)c1. The van der Waals surface area contributed by atoms with Gasteiger partial charge in [0.1, 0.15) is 6.33 Å². The van der Waals surface area contributed by atoms with Crippen LogP contribution in [0.25, 0.3) is 16.9 Å². The molecule has 0 fully saturated rings. The van der Waals surface area contributed by atoms with Crippen molar-refractivity contribution in [2.75, 3.05) is 0 Å². The van der Waals surface area contributed by atoms with Gasteiger partial charge in [-0.15, -0.1) is 0 Å². The Morgan fingerprint density at radius 3 is 3.00 bits per heavy atom. The quantitative estimate of drug-likeness (QED) is 0.712. The predicted molar refractivity (Wildman–Crippen MR) is 64.5 cm³/mol. The van der Waals surface area contributed by atoms with Crippen LogP contribution < -0.4 is 5.56 Å². The van der Waals surface area contributed by atoms with Crippen LogP contribution in [0.5, 0.6) is 0 Å². The molecule has 0 aliphatic rings. The highest BCUT2D eigenvalue weighted by Gasteiger charge is 2.08. The highest BCUT2D eigenvalue weighted by molar-refractivity contribution is 6.30. The fourth-order valence-electron chi connectivity index (χ4n) is 1.66. The zero-order valence-electron chi connectivity index (χ0n) is 8.59. The highest BCUT2D eigenvalue weighted by atomic mass is 35.5. The second kappa shape index (κ2) is 3.71. The van der Waals surface area contributed by atoms with Crippen LogP contribution in [0.15, 0.2) is 41.7 Å². The number of nitrogens with zero attached hydrogens (tertiary/aromatic N) is 3. The molecule has 1 aromatic carbocycles. The van der Waals surface area contributed by atoms with Gasteiger partial charge in [-0.3, -0.25) is 9.36 Å². The summed E-state index contributed by atoms with van der Waals surface area (Å²) < 4.78 is 1.72. The average molecular weight is 247 g/mol. The summed E-state index contributed by atoms with van der Waals surface area (Å²) in [5, 5.41) is 0.620. The molecule has 5 nitrogen and oxygen atoms in total. The normalized spacial score (nSPS) is 10.9. The molecule has 0 saturated heterocycles. The van der Waals surface area contributed by atoms with Crippen molar-refractivity contribution in [3.8, 4) is 5.69 Å². The molecule has 1 N–H and O–H groups in total. The third-order valence-electron chi connectivity index (χ3n) is 2.43. The summed E-state index contributed by atoms with van der Waals surface area (Å²) in [7, 11) is 0. The molecule has 0 amide bonds. The Labute approximate surface area is 101 Å². The number of rotatable bonds is 1. The van der Waals surface area contributed by atoms with E-state index in [0.717, 1.165) is 5.69 Å². The number of benzene rings is 1. The first-order chi connectivity index (χ1) is 8.25. The summed E-state index contributed by atoms with van der Waals surface area (Å²) in [4.78, 5) is 22.1. The van der Waals surface area contributed by atoms with Gasteiger partial charge >= 0.3 is 0 Å². The first-order valence-electron chi connectivity index (χ1n) is 4.92. The van der Waals surface area contributed by atoms with Crippen molar-refractivity contribution in [2.24, 2.45) is 0 Å². The molecule has 0 radical (unpaired) electrons. The van der Waals surface area contributed by atoms with Gasteiger partial charge in [0.15, 0.2) is 11.2 Å². The number of imidazole rings is 1. The molecular weight excluding hydrogens is 240 g/mol. The van der Waals surface area contributed by atoms with Gasteiger partial charge in [0.2, 0.25) is 0 Å². The van der Waals surface area contributed by atoms with Crippen LogP contribution >= 0.6 is 11.6 Å². The minimum atomic E-state index is -0.254. The van der Waals surface area contributed by atoms with E-state index in [2.05, 4.69) is 15.0 Å². The van der Waals surface area contributed by atoms with Crippen molar-refractivity contribution in [2.45, 2.75) is 0 Å². The van der Waals surface area contributed by atoms with Gasteiger partial charge < -0.3 is 4.98 Å². The third-order valence-corrected chi connectivity index (χ3v) is 2.66. The lowest BCUT2D eigenvalue weighted by atomic mass is 10.3. The number of hydrogen-bond donors (Lipinski definition) is 1. The number of nitrogens with one attached hydrogen (secondary N) is 1. The standard InChI is InChI=1S/C11H7ClN4O/c12-7-2-1-3-8(4-7)16-6-15-9-10(16)13-5-14-11(9)17/h1-6H,(H,13,14,17). The van der Waals surface area contributed by atoms with E-state index in [9.17, 15) is 4.79 Å². The molecule has 2 aromatic heterocycles. The Bertz CT molecular complexity index is 746. The second-order valence-electron chi connectivity index (χ2n) is 3.50. The van der Waals surface area contributed by atoms with Crippen LogP contribution in [0.1, 0.15) is 0 Å². The van der Waals surface area contributed by atoms with Gasteiger partial charge in [-0.25, -0.2) is 9.97 Å². The topological polar surface area (TPSA) is 63.6 Å². The van der Waals surface area contributed by atoms with E-state index in [1.165, 1.54) is 6.33 Å². The van der Waals surface area contributed by atoms with Crippen LogP contribution in [-0.4, -0.2) is 19.5 Å². The van der Waals surface area contributed by atoms with E-state index in [0.29, 0.717) is 16.2 Å². The van der Waals surface area contributed by atoms with Crippen molar-refractivity contribution >= 4 is 22.8 Å². The van der Waals surface area contributed by atoms with Crippen LogP contribution in [0.3, 0.4) is 0 Å². The van der Waals surface area contributed by atoms with Crippen molar-refractivity contribution in [1.82, 2.24) is 19.5 Å². The summed E-state index contributed by atoms with van der Waals surface area (Å²) in [6.07, 6.45) is 2.91. The van der Waals surface area contributed by atoms with Crippen LogP contribution in [0.4, 0.5) is 0 Å². The predicted octanol–water partition coefficient (Wildman–Crippen LogP) is 1.76. The summed E-state index contributed by atoms with van der Waals surface area (Å²) in [6.45, 7) is 0. The van der Waals surface area contributed by atoms with E-state index in [4.69, 9.17) is 11.6 Å². The molecular formula is C11H7ClN4O. The highest BCUT2D eigenvalue weighted by Crippen LogP contribution is 2.17. The van der Waals surface area contributed by atoms with Gasteiger partial charge in [0.25, 0.3) is 5.56 Å². The molecule has 0 bridgehead atoms. The molecule has 6 heteroatoms. The lowest BCUT2D eigenvalue weighted by molar-refractivity contribution is 1.06. The van der Waals surface area contributed by atoms with Crippen molar-refractivity contribution in [3.63, 3.8) is 0 Å². The van der Waals surface area contributed by atoms with Gasteiger partial charge in [-0.2, -0.15) is 0 Å². The van der Waals surface area contributed by atoms with E-state index in [1.807, 2.05) is 12.1 Å². The molecule has 17 heavy (non-hydrogen) atoms. The van der Waals surface area contributed by atoms with Crippen LogP contribution in [0, 0.1) is 0 Å². The average Bonchev–Trinajstić information content (AvgIpc) is 2.74. The Balaban J connectivity index is 2.32. The van der Waals surface area contributed by atoms with Crippen LogP contribution in [-0.2, 0) is 0 Å². The molecule has 0 spiro atoms. The molecule has 0 unspecified atom stereocenters. The minimum Gasteiger partial charge on any atom is -0.311 e. The fourth-order valence-corrected chi connectivity index (χ4v) is 1.85. The lowest BCUT2D eigenvalue weighted by Gasteiger charge is -2.02. The summed E-state index contributed by atoms with van der Waals surface area (Å²) in [6, 6.07) is 7.27. The lowest BCUT2D eigenvalue weighted by Crippen LogP contribution is -2.07. The fraction of sp³-hybridized carbons (Fsp3) is 0. The maximum Gasteiger partial charge on any atom is 0.278 e. The van der Waals surface area contributed by atoms with E-state index in [1.54, 1.807) is 23.0 Å². The number of halogens is 1. The van der Waals surface area contributed by atoms with Gasteiger partial charge in [-0.1, -0.05) is 17.7 Å². The Morgan fingerprint density at radius 2 is 2.18 bits per heavy atom. The van der Waals surface area contributed by atoms with Gasteiger partial charge in [0.05, 0.1) is 12.0 Å². The number of fused-ring (bicyclic) bond motifs is 1. The first kappa shape index (κ1) is 10.0. The maximum atomic E-state index is 11.5. The van der Waals surface area contributed by atoms with Crippen LogP contribution in [0.2, 0.25) is 5.02 Å². The molecule has 0 saturated carbocycles. The third kappa shape index (κ3) is 1.60. The number of aromatic nitrogens is 4. The Hall–Kier alpha value is -2.14. The zero-order valence-corrected chi connectivity index (χ0v) is 9.35. The molecule has 0 atom stereocenters. The number of hydrogen-bond acceptors (Lipinski definition) is 3. The Kier molecular flexibility index (Phi) is 2.19.